The molecule has 0 heterocycles. The maximum absolute atomic E-state index is 12.3. The van der Waals surface area contributed by atoms with Crippen LogP contribution in [-0.4, -0.2) is 36.4 Å². The van der Waals surface area contributed by atoms with Crippen LogP contribution in [-0.2, 0) is 19.1 Å². The van der Waals surface area contributed by atoms with Gasteiger partial charge < -0.3 is 14.6 Å². The van der Waals surface area contributed by atoms with E-state index in [1.165, 1.54) is 116 Å². The molecule has 1 unspecified atom stereocenters. The van der Waals surface area contributed by atoms with Crippen molar-refractivity contribution in [3.8, 4) is 0 Å². The highest BCUT2D eigenvalue weighted by molar-refractivity contribution is 5.70. The van der Waals surface area contributed by atoms with E-state index in [4.69, 9.17) is 9.47 Å². The van der Waals surface area contributed by atoms with Crippen molar-refractivity contribution >= 4 is 11.9 Å². The van der Waals surface area contributed by atoms with E-state index in [1.807, 2.05) is 0 Å². The molecule has 0 rings (SSSR count). The molecule has 5 nitrogen and oxygen atoms in total. The lowest BCUT2D eigenvalue weighted by Gasteiger charge is -2.15. The van der Waals surface area contributed by atoms with Crippen molar-refractivity contribution in [3.05, 3.63) is 158 Å². The molecule has 78 heavy (non-hydrogen) atoms. The van der Waals surface area contributed by atoms with Gasteiger partial charge in [-0.2, -0.15) is 0 Å². The topological polar surface area (TPSA) is 72.8 Å². The number of aliphatic hydroxyl groups is 1. The molecule has 5 heteroatoms. The molecule has 0 aliphatic carbocycles. The Hall–Kier alpha value is -4.48. The lowest BCUT2D eigenvalue weighted by atomic mass is 10.0. The summed E-state index contributed by atoms with van der Waals surface area (Å²) in [5.41, 5.74) is 0. The standard InChI is InChI=1S/C73H118O5/c1-3-5-7-9-11-13-15-17-19-21-23-25-27-29-31-33-34-35-36-37-38-40-42-44-46-48-50-52-54-56-58-60-62-64-66-68-73(76)78-71(69-74)70-77-72(75)67-65-63-61-59-57-55-53-51-49-47-45-43-41-39-32-30-28-26-24-22-20-18-16-14-12-10-8-6-4-2/h5-8,11-14,17-20,23-26,29,31,34-35,37-38,42,44,48,50,71,74H,3-4,9-10,15-16,21-22,27-28,30,32-33,36,39-41,43,45-47,49,51-70H2,1-2H3/b7-5-,8-6-,13-11-,14-12-,19-17-,20-18-,25-23-,26-24-,31-29-,35-34-,38-37-,44-42-,50-48-. The number of hydrogen-bond donors (Lipinski definition) is 1. The molecule has 0 aromatic heterocycles. The number of hydrogen-bond acceptors (Lipinski definition) is 5. The molecule has 0 saturated carbocycles. The molecular weight excluding hydrogens is 957 g/mol. The van der Waals surface area contributed by atoms with Crippen LogP contribution in [0.2, 0.25) is 0 Å². The van der Waals surface area contributed by atoms with Gasteiger partial charge in [-0.1, -0.05) is 294 Å². The van der Waals surface area contributed by atoms with Gasteiger partial charge in [0.25, 0.3) is 0 Å². The van der Waals surface area contributed by atoms with E-state index >= 15 is 0 Å². The molecule has 1 N–H and O–H groups in total. The normalized spacial score (nSPS) is 13.3. The second-order valence-corrected chi connectivity index (χ2v) is 20.7. The van der Waals surface area contributed by atoms with Crippen LogP contribution in [0.1, 0.15) is 271 Å². The third kappa shape index (κ3) is 64.0. The summed E-state index contributed by atoms with van der Waals surface area (Å²) in [6, 6.07) is 0. The highest BCUT2D eigenvalue weighted by atomic mass is 16.6. The van der Waals surface area contributed by atoms with Crippen LogP contribution in [0.5, 0.6) is 0 Å². The quantitative estimate of drug-likeness (QED) is 0.0373. The molecule has 0 radical (unpaired) electrons. The van der Waals surface area contributed by atoms with Crippen LogP contribution >= 0.6 is 0 Å². The Morgan fingerprint density at radius 2 is 0.513 bits per heavy atom. The number of carbonyl (C=O) groups excluding carboxylic acids is 2. The van der Waals surface area contributed by atoms with Crippen molar-refractivity contribution in [3.63, 3.8) is 0 Å². The molecule has 0 saturated heterocycles. The lowest BCUT2D eigenvalue weighted by molar-refractivity contribution is -0.161. The third-order valence-corrected chi connectivity index (χ3v) is 13.3. The smallest absolute Gasteiger partial charge is 0.306 e. The van der Waals surface area contributed by atoms with Gasteiger partial charge in [-0.15, -0.1) is 0 Å². The summed E-state index contributed by atoms with van der Waals surface area (Å²) in [7, 11) is 0. The summed E-state index contributed by atoms with van der Waals surface area (Å²) in [6.45, 7) is 3.91. The van der Waals surface area contributed by atoms with Crippen LogP contribution in [0.3, 0.4) is 0 Å². The molecule has 0 fully saturated rings. The molecule has 1 atom stereocenters. The summed E-state index contributed by atoms with van der Waals surface area (Å²) in [5.74, 6) is -0.607. The van der Waals surface area contributed by atoms with Gasteiger partial charge >= 0.3 is 11.9 Å². The summed E-state index contributed by atoms with van der Waals surface area (Å²) >= 11 is 0. The van der Waals surface area contributed by atoms with Gasteiger partial charge in [-0.25, -0.2) is 0 Å². The molecule has 0 aliphatic heterocycles. The Balaban J connectivity index is 3.57. The van der Waals surface area contributed by atoms with Crippen molar-refractivity contribution < 1.29 is 24.2 Å². The van der Waals surface area contributed by atoms with Crippen molar-refractivity contribution in [2.45, 2.75) is 277 Å². The van der Waals surface area contributed by atoms with E-state index in [9.17, 15) is 14.7 Å². The number of rotatable bonds is 57. The van der Waals surface area contributed by atoms with Gasteiger partial charge in [0.05, 0.1) is 6.61 Å². The van der Waals surface area contributed by atoms with Crippen molar-refractivity contribution in [2.75, 3.05) is 13.2 Å². The number of unbranched alkanes of at least 4 members (excludes halogenated alkanes) is 23. The maximum Gasteiger partial charge on any atom is 0.306 e. The first-order chi connectivity index (χ1) is 38.6. The summed E-state index contributed by atoms with van der Waals surface area (Å²) in [5, 5.41) is 9.69. The van der Waals surface area contributed by atoms with E-state index in [1.54, 1.807) is 0 Å². The maximum atomic E-state index is 12.3. The fourth-order valence-electron chi connectivity index (χ4n) is 8.60. The van der Waals surface area contributed by atoms with Gasteiger partial charge in [-0.05, 0) is 122 Å². The molecule has 440 valence electrons. The fraction of sp³-hybridized carbons (Fsp3) is 0.616. The second-order valence-electron chi connectivity index (χ2n) is 20.7. The molecule has 0 amide bonds. The van der Waals surface area contributed by atoms with Crippen LogP contribution in [0, 0.1) is 0 Å². The predicted molar refractivity (Wildman–Crippen MR) is 343 cm³/mol. The van der Waals surface area contributed by atoms with E-state index < -0.39 is 6.10 Å². The summed E-state index contributed by atoms with van der Waals surface area (Å²) in [4.78, 5) is 24.6. The molecule has 0 bridgehead atoms. The zero-order chi connectivity index (χ0) is 56.2. The van der Waals surface area contributed by atoms with E-state index in [0.29, 0.717) is 12.8 Å². The van der Waals surface area contributed by atoms with Crippen LogP contribution in [0.15, 0.2) is 158 Å². The average Bonchev–Trinajstić information content (AvgIpc) is 3.44. The zero-order valence-corrected chi connectivity index (χ0v) is 50.4. The molecule has 0 spiro atoms. The number of aliphatic hydroxyl groups excluding tert-OH is 1. The monoisotopic (exact) mass is 1070 g/mol. The Bertz CT molecular complexity index is 1690. The van der Waals surface area contributed by atoms with Gasteiger partial charge in [0.15, 0.2) is 6.10 Å². The minimum atomic E-state index is -0.790. The highest BCUT2D eigenvalue weighted by Crippen LogP contribution is 2.16. The van der Waals surface area contributed by atoms with Gasteiger partial charge in [0.2, 0.25) is 0 Å². The Kier molecular flexibility index (Phi) is 63.0. The van der Waals surface area contributed by atoms with Crippen molar-refractivity contribution in [2.24, 2.45) is 0 Å². The van der Waals surface area contributed by atoms with Gasteiger partial charge in [-0.3, -0.25) is 9.59 Å². The first-order valence-corrected chi connectivity index (χ1v) is 32.0. The summed E-state index contributed by atoms with van der Waals surface area (Å²) < 4.78 is 10.7. The summed E-state index contributed by atoms with van der Waals surface area (Å²) in [6.07, 6.45) is 102. The van der Waals surface area contributed by atoms with E-state index in [0.717, 1.165) is 128 Å². The molecule has 0 aromatic rings. The molecular formula is C73H118O5. The first kappa shape index (κ1) is 73.5. The predicted octanol–water partition coefficient (Wildman–Crippen LogP) is 22.3. The van der Waals surface area contributed by atoms with Gasteiger partial charge in [0.1, 0.15) is 6.61 Å². The van der Waals surface area contributed by atoms with E-state index in [-0.39, 0.29) is 25.2 Å². The first-order valence-electron chi connectivity index (χ1n) is 32.0. The highest BCUT2D eigenvalue weighted by Gasteiger charge is 2.16. The van der Waals surface area contributed by atoms with Crippen LogP contribution < -0.4 is 0 Å². The van der Waals surface area contributed by atoms with Gasteiger partial charge in [0, 0.05) is 12.8 Å². The SMILES string of the molecule is CC/C=C\C/C=C\C/C=C\C/C=C\C/C=C\C/C=C\C/C=C\C/C=C\C/C=C\CCCCCCCCCC(=O)OC(CO)COC(=O)CCCCCCCCCCCCCCCCCC/C=C\C/C=C\C/C=C\C/C=C\CC. The number of allylic oxidation sites excluding steroid dienone is 26. The second kappa shape index (κ2) is 66.8. The number of ether oxygens (including phenoxy) is 2. The minimum absolute atomic E-state index is 0.0782. The van der Waals surface area contributed by atoms with E-state index in [2.05, 4.69) is 172 Å². The zero-order valence-electron chi connectivity index (χ0n) is 50.4. The minimum Gasteiger partial charge on any atom is -0.462 e. The molecule has 0 aromatic carbocycles. The largest absolute Gasteiger partial charge is 0.462 e. The fourth-order valence-corrected chi connectivity index (χ4v) is 8.60. The Labute approximate surface area is 481 Å². The van der Waals surface area contributed by atoms with Crippen LogP contribution in [0.4, 0.5) is 0 Å². The Morgan fingerprint density at radius 3 is 0.769 bits per heavy atom. The third-order valence-electron chi connectivity index (χ3n) is 13.3. The molecule has 0 aliphatic rings. The van der Waals surface area contributed by atoms with Crippen LogP contribution in [0.25, 0.3) is 0 Å². The number of carbonyl (C=O) groups is 2. The van der Waals surface area contributed by atoms with Crippen molar-refractivity contribution in [1.29, 1.82) is 0 Å². The average molecular weight is 1080 g/mol. The Morgan fingerprint density at radius 1 is 0.295 bits per heavy atom. The number of esters is 2. The van der Waals surface area contributed by atoms with Crippen molar-refractivity contribution in [1.82, 2.24) is 0 Å². The lowest BCUT2D eigenvalue weighted by Crippen LogP contribution is -2.28.